The van der Waals surface area contributed by atoms with Gasteiger partial charge in [0.2, 0.25) is 5.88 Å². The normalized spacial score (nSPS) is 19.0. The van der Waals surface area contributed by atoms with Gasteiger partial charge >= 0.3 is 0 Å². The Morgan fingerprint density at radius 2 is 2.00 bits per heavy atom. The van der Waals surface area contributed by atoms with Crippen molar-refractivity contribution in [1.29, 1.82) is 0 Å². The highest BCUT2D eigenvalue weighted by atomic mass is 35.5. The lowest BCUT2D eigenvalue weighted by molar-refractivity contribution is 0.0984. The van der Waals surface area contributed by atoms with E-state index in [0.717, 1.165) is 42.8 Å². The van der Waals surface area contributed by atoms with Crippen LogP contribution in [0.5, 0.6) is 5.88 Å². The number of ether oxygens (including phenoxy) is 1. The average molecular weight is 572 g/mol. The van der Waals surface area contributed by atoms with Gasteiger partial charge in [-0.3, -0.25) is 14.2 Å². The zero-order valence-electron chi connectivity index (χ0n) is 22.7. The van der Waals surface area contributed by atoms with Gasteiger partial charge in [-0.1, -0.05) is 37.3 Å². The molecule has 1 saturated carbocycles. The highest BCUT2D eigenvalue weighted by Crippen LogP contribution is 2.28. The number of rotatable bonds is 12. The predicted octanol–water partition coefficient (Wildman–Crippen LogP) is 5.68. The molecule has 0 aromatic carbocycles. The Balaban J connectivity index is 1.07. The first kappa shape index (κ1) is 28.0. The van der Waals surface area contributed by atoms with Gasteiger partial charge in [-0.15, -0.1) is 5.10 Å². The third-order valence-electron chi connectivity index (χ3n) is 7.66. The van der Waals surface area contributed by atoms with Crippen molar-refractivity contribution >= 4 is 29.5 Å². The molecule has 1 aliphatic heterocycles. The monoisotopic (exact) mass is 571 g/mol. The highest BCUT2D eigenvalue weighted by molar-refractivity contribution is 7.97. The molecule has 0 spiro atoms. The number of carbonyl (C=O) groups excluding carboxylic acids is 1. The van der Waals surface area contributed by atoms with E-state index >= 15 is 0 Å². The first-order valence-corrected chi connectivity index (χ1v) is 15.2. The minimum absolute atomic E-state index is 0.111. The van der Waals surface area contributed by atoms with Crippen molar-refractivity contribution < 1.29 is 9.53 Å². The van der Waals surface area contributed by atoms with Gasteiger partial charge in [-0.25, -0.2) is 9.67 Å². The summed E-state index contributed by atoms with van der Waals surface area (Å²) in [4.78, 5) is 17.1. The molecule has 11 heteroatoms. The van der Waals surface area contributed by atoms with Gasteiger partial charge in [0.25, 0.3) is 5.91 Å². The molecular formula is C28H38ClN7O2S. The Kier molecular flexibility index (Phi) is 9.14. The van der Waals surface area contributed by atoms with Crippen LogP contribution in [0.4, 0.5) is 0 Å². The summed E-state index contributed by atoms with van der Waals surface area (Å²) in [7, 11) is 0. The van der Waals surface area contributed by atoms with Crippen molar-refractivity contribution in [2.75, 3.05) is 13.2 Å². The van der Waals surface area contributed by atoms with Crippen LogP contribution >= 0.6 is 23.5 Å². The zero-order valence-corrected chi connectivity index (χ0v) is 24.3. The number of halogens is 1. The zero-order chi connectivity index (χ0) is 27.2. The van der Waals surface area contributed by atoms with Gasteiger partial charge in [0, 0.05) is 42.5 Å². The topological polar surface area (TPSA) is 98.9 Å². The highest BCUT2D eigenvalue weighted by Gasteiger charge is 2.29. The van der Waals surface area contributed by atoms with Crippen molar-refractivity contribution in [3.63, 3.8) is 0 Å². The van der Waals surface area contributed by atoms with Crippen molar-refractivity contribution in [2.45, 2.75) is 82.3 Å². The minimum Gasteiger partial charge on any atom is -0.477 e. The van der Waals surface area contributed by atoms with E-state index in [4.69, 9.17) is 16.3 Å². The van der Waals surface area contributed by atoms with Gasteiger partial charge in [-0.05, 0) is 76.1 Å². The molecule has 2 aliphatic rings. The minimum atomic E-state index is -0.327. The second kappa shape index (κ2) is 12.7. The number of aromatic nitrogens is 5. The van der Waals surface area contributed by atoms with Gasteiger partial charge in [-0.2, -0.15) is 5.10 Å². The maximum Gasteiger partial charge on any atom is 0.264 e. The summed E-state index contributed by atoms with van der Waals surface area (Å²) >= 11 is 7.54. The molecule has 0 bridgehead atoms. The Morgan fingerprint density at radius 3 is 2.77 bits per heavy atom. The number of aryl methyl sites for hydroxylation is 1. The van der Waals surface area contributed by atoms with Crippen LogP contribution in [0.25, 0.3) is 5.82 Å². The molecule has 5 rings (SSSR count). The summed E-state index contributed by atoms with van der Waals surface area (Å²) < 4.78 is 12.2. The van der Waals surface area contributed by atoms with Crippen LogP contribution in [0, 0.1) is 11.8 Å². The Hall–Kier alpha value is -2.56. The lowest BCUT2D eigenvalue weighted by Gasteiger charge is -2.17. The first-order chi connectivity index (χ1) is 18.8. The van der Waals surface area contributed by atoms with Crippen LogP contribution in [0.1, 0.15) is 75.6 Å². The summed E-state index contributed by atoms with van der Waals surface area (Å²) in [6.45, 7) is 7.15. The Bertz CT molecular complexity index is 1250. The maximum atomic E-state index is 12.8. The Morgan fingerprint density at radius 1 is 1.15 bits per heavy atom. The molecule has 0 radical (unpaired) electrons. The van der Waals surface area contributed by atoms with Crippen molar-refractivity contribution in [3.8, 4) is 11.7 Å². The Labute approximate surface area is 239 Å². The second-order valence-corrected chi connectivity index (χ2v) is 12.5. The predicted molar refractivity (Wildman–Crippen MR) is 153 cm³/mol. The molecule has 1 unspecified atom stereocenters. The molecule has 3 aromatic rings. The van der Waals surface area contributed by atoms with Gasteiger partial charge in [0.05, 0.1) is 12.2 Å². The van der Waals surface area contributed by atoms with E-state index in [1.807, 2.05) is 23.0 Å². The fourth-order valence-electron chi connectivity index (χ4n) is 5.57. The lowest BCUT2D eigenvalue weighted by Crippen LogP contribution is -2.31. The fraction of sp³-hybridized carbons (Fsp3) is 0.571. The van der Waals surface area contributed by atoms with Gasteiger partial charge in [0.1, 0.15) is 10.2 Å². The number of hydrogen-bond donors (Lipinski definition) is 2. The van der Waals surface area contributed by atoms with E-state index in [1.54, 1.807) is 23.0 Å². The molecule has 9 nitrogen and oxygen atoms in total. The van der Waals surface area contributed by atoms with Crippen molar-refractivity contribution in [3.05, 3.63) is 47.4 Å². The number of nitrogens with one attached hydrogen (secondary N) is 2. The molecule has 1 atom stereocenters. The number of carbonyl (C=O) groups is 1. The van der Waals surface area contributed by atoms with E-state index in [1.165, 1.54) is 50.5 Å². The number of amides is 1. The van der Waals surface area contributed by atoms with Crippen molar-refractivity contribution in [1.82, 2.24) is 34.6 Å². The summed E-state index contributed by atoms with van der Waals surface area (Å²) in [5.41, 5.74) is 0.545. The van der Waals surface area contributed by atoms with Crippen LogP contribution in [0.2, 0.25) is 5.15 Å². The number of hydrogen-bond acceptors (Lipinski definition) is 7. The van der Waals surface area contributed by atoms with Crippen LogP contribution in [0.15, 0.2) is 41.7 Å². The maximum absolute atomic E-state index is 12.8. The third kappa shape index (κ3) is 7.77. The molecule has 1 aliphatic carbocycles. The molecule has 2 N–H and O–H groups in total. The quantitative estimate of drug-likeness (QED) is 0.213. The summed E-state index contributed by atoms with van der Waals surface area (Å²) in [5, 5.41) is 13.4. The van der Waals surface area contributed by atoms with Crippen LogP contribution < -0.4 is 14.8 Å². The second-order valence-electron chi connectivity index (χ2n) is 11.3. The first-order valence-electron chi connectivity index (χ1n) is 14.0. The standard InChI is InChI=1S/C28H38ClN7O2S/c1-28(2)18-21(19-30-28)8-5-14-35-15-12-25(33-35)39-34-27(37)22-9-10-23(31-26(22)29)36-16-11-24(32-36)38-17-13-20-6-3-4-7-20/h9-12,15-16,20-21,30H,3-8,13-14,17-19H2,1-2H3,(H,34,37). The smallest absolute Gasteiger partial charge is 0.264 e. The molecule has 2 fully saturated rings. The molecule has 1 saturated heterocycles. The average Bonchev–Trinajstić information content (AvgIpc) is 3.71. The van der Waals surface area contributed by atoms with Crippen LogP contribution in [-0.4, -0.2) is 49.1 Å². The molecule has 3 aromatic heterocycles. The van der Waals surface area contributed by atoms with Gasteiger partial charge < -0.3 is 10.1 Å². The molecular weight excluding hydrogens is 534 g/mol. The molecule has 4 heterocycles. The molecule has 39 heavy (non-hydrogen) atoms. The number of pyridine rings is 1. The van der Waals surface area contributed by atoms with Crippen LogP contribution in [0.3, 0.4) is 0 Å². The summed E-state index contributed by atoms with van der Waals surface area (Å²) in [6.07, 6.45) is 13.6. The third-order valence-corrected chi connectivity index (χ3v) is 8.66. The van der Waals surface area contributed by atoms with E-state index in [0.29, 0.717) is 23.9 Å². The van der Waals surface area contributed by atoms with E-state index in [2.05, 4.69) is 39.1 Å². The molecule has 210 valence electrons. The lowest BCUT2D eigenvalue weighted by atomic mass is 9.94. The van der Waals surface area contributed by atoms with Crippen LogP contribution in [-0.2, 0) is 6.54 Å². The largest absolute Gasteiger partial charge is 0.477 e. The molecule has 1 amide bonds. The summed E-state index contributed by atoms with van der Waals surface area (Å²) in [6, 6.07) is 7.09. The fourth-order valence-corrected chi connectivity index (χ4v) is 6.39. The van der Waals surface area contributed by atoms with Crippen molar-refractivity contribution in [2.24, 2.45) is 11.8 Å². The SMILES string of the molecule is CC1(C)CC(CCCn2ccc(SNC(=O)c3ccc(-n4ccc(OCCC5CCCC5)n4)nc3Cl)n2)CN1. The van der Waals surface area contributed by atoms with Gasteiger partial charge in [0.15, 0.2) is 5.82 Å². The van der Waals surface area contributed by atoms with E-state index in [9.17, 15) is 4.79 Å². The van der Waals surface area contributed by atoms with E-state index < -0.39 is 0 Å². The summed E-state index contributed by atoms with van der Waals surface area (Å²) in [5.74, 6) is 2.25. The van der Waals surface area contributed by atoms with E-state index in [-0.39, 0.29) is 16.6 Å². The number of nitrogens with zero attached hydrogens (tertiary/aromatic N) is 5.